The van der Waals surface area contributed by atoms with E-state index in [-0.39, 0.29) is 23.3 Å². The minimum atomic E-state index is -4.55. The number of piperidine rings is 1. The molecule has 0 saturated carbocycles. The molecule has 12 heteroatoms. The van der Waals surface area contributed by atoms with Gasteiger partial charge >= 0.3 is 6.18 Å². The molecule has 3 aromatic heterocycles. The van der Waals surface area contributed by atoms with Gasteiger partial charge in [0, 0.05) is 25.5 Å². The highest BCUT2D eigenvalue weighted by Crippen LogP contribution is 2.32. The number of hydrogen-bond donors (Lipinski definition) is 0. The van der Waals surface area contributed by atoms with E-state index in [4.69, 9.17) is 11.6 Å². The molecule has 1 fully saturated rings. The zero-order chi connectivity index (χ0) is 20.1. The van der Waals surface area contributed by atoms with Gasteiger partial charge in [-0.2, -0.15) is 22.6 Å². The standard InChI is InChI=1S/C16H15ClF3N5O2S/c17-14-15(24-8-2-1-5-13(24)21-14)28(26,27)23-7-3-4-11(10-23)25-9-6-12(22-25)16(18,19)20/h1-2,5-6,8-9,11H,3-4,7,10H2. The minimum Gasteiger partial charge on any atom is -0.288 e. The van der Waals surface area contributed by atoms with Crippen molar-refractivity contribution < 1.29 is 21.6 Å². The molecule has 1 saturated heterocycles. The van der Waals surface area contributed by atoms with E-state index in [0.29, 0.717) is 18.5 Å². The average Bonchev–Trinajstić information content (AvgIpc) is 3.25. The van der Waals surface area contributed by atoms with Crippen molar-refractivity contribution in [3.8, 4) is 0 Å². The van der Waals surface area contributed by atoms with Crippen LogP contribution in [-0.4, -0.2) is 45.0 Å². The first-order chi connectivity index (χ1) is 13.2. The van der Waals surface area contributed by atoms with E-state index in [1.165, 1.54) is 19.6 Å². The number of fused-ring (bicyclic) bond motifs is 1. The second-order valence-corrected chi connectivity index (χ2v) is 8.69. The molecule has 7 nitrogen and oxygen atoms in total. The van der Waals surface area contributed by atoms with Crippen molar-refractivity contribution in [2.75, 3.05) is 13.1 Å². The average molecular weight is 434 g/mol. The number of pyridine rings is 1. The fourth-order valence-corrected chi connectivity index (χ4v) is 5.46. The van der Waals surface area contributed by atoms with Crippen LogP contribution in [0.4, 0.5) is 13.2 Å². The fourth-order valence-electron chi connectivity index (χ4n) is 3.35. The van der Waals surface area contributed by atoms with E-state index in [2.05, 4.69) is 10.1 Å². The van der Waals surface area contributed by atoms with E-state index in [0.717, 1.165) is 6.07 Å². The maximum absolute atomic E-state index is 13.2. The Morgan fingerprint density at radius 3 is 2.68 bits per heavy atom. The highest BCUT2D eigenvalue weighted by atomic mass is 35.5. The van der Waals surface area contributed by atoms with Gasteiger partial charge in [-0.25, -0.2) is 13.4 Å². The van der Waals surface area contributed by atoms with Crippen LogP contribution in [0.5, 0.6) is 0 Å². The Morgan fingerprint density at radius 1 is 1.18 bits per heavy atom. The van der Waals surface area contributed by atoms with Gasteiger partial charge in [-0.05, 0) is 31.0 Å². The Morgan fingerprint density at radius 2 is 1.96 bits per heavy atom. The van der Waals surface area contributed by atoms with Crippen LogP contribution in [0.3, 0.4) is 0 Å². The summed E-state index contributed by atoms with van der Waals surface area (Å²) in [7, 11) is -4.00. The number of sulfonamides is 1. The van der Waals surface area contributed by atoms with E-state index >= 15 is 0 Å². The third-order valence-corrected chi connectivity index (χ3v) is 6.93. The second-order valence-electron chi connectivity index (χ2n) is 6.47. The molecule has 0 aliphatic carbocycles. The normalized spacial score (nSPS) is 19.4. The molecule has 1 unspecified atom stereocenters. The van der Waals surface area contributed by atoms with Crippen molar-refractivity contribution in [1.29, 1.82) is 0 Å². The van der Waals surface area contributed by atoms with Gasteiger partial charge in [0.25, 0.3) is 10.0 Å². The predicted molar refractivity (Wildman–Crippen MR) is 94.5 cm³/mol. The van der Waals surface area contributed by atoms with Crippen molar-refractivity contribution in [1.82, 2.24) is 23.5 Å². The van der Waals surface area contributed by atoms with Gasteiger partial charge in [0.15, 0.2) is 15.9 Å². The van der Waals surface area contributed by atoms with E-state index in [1.54, 1.807) is 24.4 Å². The molecule has 1 aliphatic heterocycles. The molecule has 0 aromatic carbocycles. The zero-order valence-corrected chi connectivity index (χ0v) is 15.9. The monoisotopic (exact) mass is 433 g/mol. The Kier molecular flexibility index (Phi) is 4.63. The van der Waals surface area contributed by atoms with Crippen molar-refractivity contribution in [3.63, 3.8) is 0 Å². The summed E-state index contributed by atoms with van der Waals surface area (Å²) in [6.45, 7) is 0.236. The van der Waals surface area contributed by atoms with Gasteiger partial charge < -0.3 is 0 Å². The van der Waals surface area contributed by atoms with Crippen molar-refractivity contribution >= 4 is 27.3 Å². The largest absolute Gasteiger partial charge is 0.435 e. The molecule has 1 atom stereocenters. The zero-order valence-electron chi connectivity index (χ0n) is 14.3. The Labute approximate surface area is 163 Å². The lowest BCUT2D eigenvalue weighted by Crippen LogP contribution is -2.41. The number of aromatic nitrogens is 4. The molecule has 1 aliphatic rings. The van der Waals surface area contributed by atoms with Gasteiger partial charge in [0.05, 0.1) is 6.04 Å². The molecule has 3 aromatic rings. The molecule has 0 radical (unpaired) electrons. The lowest BCUT2D eigenvalue weighted by atomic mass is 10.1. The van der Waals surface area contributed by atoms with Crippen LogP contribution in [0.15, 0.2) is 41.7 Å². The van der Waals surface area contributed by atoms with Gasteiger partial charge in [-0.15, -0.1) is 0 Å². The Balaban J connectivity index is 1.65. The quantitative estimate of drug-likeness (QED) is 0.635. The van der Waals surface area contributed by atoms with E-state index in [1.807, 2.05) is 0 Å². The summed E-state index contributed by atoms with van der Waals surface area (Å²) in [5.74, 6) is 0. The molecular formula is C16H15ClF3N5O2S. The number of alkyl halides is 3. The number of imidazole rings is 1. The second kappa shape index (κ2) is 6.75. The first kappa shape index (κ1) is 19.2. The number of rotatable bonds is 3. The van der Waals surface area contributed by atoms with Crippen LogP contribution in [0, 0.1) is 0 Å². The first-order valence-electron chi connectivity index (χ1n) is 8.43. The van der Waals surface area contributed by atoms with Gasteiger partial charge in [0.2, 0.25) is 0 Å². The number of nitrogens with zero attached hydrogens (tertiary/aromatic N) is 5. The molecule has 0 spiro atoms. The summed E-state index contributed by atoms with van der Waals surface area (Å²) >= 11 is 6.10. The van der Waals surface area contributed by atoms with Crippen LogP contribution in [0.25, 0.3) is 5.65 Å². The van der Waals surface area contributed by atoms with Gasteiger partial charge in [-0.1, -0.05) is 17.7 Å². The van der Waals surface area contributed by atoms with E-state index in [9.17, 15) is 21.6 Å². The third-order valence-electron chi connectivity index (χ3n) is 4.66. The molecule has 28 heavy (non-hydrogen) atoms. The third kappa shape index (κ3) is 3.27. The minimum absolute atomic E-state index is 0.00228. The maximum Gasteiger partial charge on any atom is 0.435 e. The summed E-state index contributed by atoms with van der Waals surface area (Å²) < 4.78 is 68.6. The molecule has 4 rings (SSSR count). The fraction of sp³-hybridized carbons (Fsp3) is 0.375. The lowest BCUT2D eigenvalue weighted by Gasteiger charge is -2.31. The SMILES string of the molecule is O=S(=O)(c1c(Cl)nc2ccccn12)N1CCCC(n2ccc(C(F)(F)F)n2)C1. The first-order valence-corrected chi connectivity index (χ1v) is 10.2. The summed E-state index contributed by atoms with van der Waals surface area (Å²) in [5, 5.41) is 3.28. The highest BCUT2D eigenvalue weighted by molar-refractivity contribution is 7.89. The van der Waals surface area contributed by atoms with Crippen molar-refractivity contribution in [2.45, 2.75) is 30.1 Å². The van der Waals surface area contributed by atoms with Crippen molar-refractivity contribution in [2.24, 2.45) is 0 Å². The van der Waals surface area contributed by atoms with Crippen LogP contribution in [0.2, 0.25) is 5.15 Å². The summed E-state index contributed by atoms with van der Waals surface area (Å²) in [6, 6.07) is 5.38. The van der Waals surface area contributed by atoms with Crippen LogP contribution in [-0.2, 0) is 16.2 Å². The molecule has 4 heterocycles. The van der Waals surface area contributed by atoms with E-state index < -0.39 is 27.9 Å². The number of hydrogen-bond acceptors (Lipinski definition) is 4. The highest BCUT2D eigenvalue weighted by Gasteiger charge is 2.37. The smallest absolute Gasteiger partial charge is 0.288 e. The van der Waals surface area contributed by atoms with Crippen LogP contribution < -0.4 is 0 Å². The maximum atomic E-state index is 13.2. The molecule has 150 valence electrons. The van der Waals surface area contributed by atoms with Gasteiger partial charge in [0.1, 0.15) is 5.65 Å². The molecule has 0 bridgehead atoms. The molecule has 0 N–H and O–H groups in total. The van der Waals surface area contributed by atoms with Crippen LogP contribution in [0.1, 0.15) is 24.6 Å². The number of halogens is 4. The summed E-state index contributed by atoms with van der Waals surface area (Å²) in [5.41, 5.74) is -0.612. The predicted octanol–water partition coefficient (Wildman–Crippen LogP) is 3.23. The molecule has 0 amide bonds. The Bertz CT molecular complexity index is 1120. The summed E-state index contributed by atoms with van der Waals surface area (Å²) in [6.07, 6.45) is -0.766. The summed E-state index contributed by atoms with van der Waals surface area (Å²) in [4.78, 5) is 4.06. The van der Waals surface area contributed by atoms with Crippen LogP contribution >= 0.6 is 11.6 Å². The van der Waals surface area contributed by atoms with Gasteiger partial charge in [-0.3, -0.25) is 9.08 Å². The van der Waals surface area contributed by atoms with Crippen molar-refractivity contribution in [3.05, 3.63) is 47.5 Å². The topological polar surface area (TPSA) is 72.5 Å². The molecular weight excluding hydrogens is 419 g/mol. The lowest BCUT2D eigenvalue weighted by molar-refractivity contribution is -0.141. The Hall–Kier alpha value is -2.11.